The second-order valence-electron chi connectivity index (χ2n) is 8.00. The summed E-state index contributed by atoms with van der Waals surface area (Å²) in [7, 11) is 0. The van der Waals surface area contributed by atoms with Gasteiger partial charge in [0.15, 0.2) is 0 Å². The number of hydrogen-bond donors (Lipinski definition) is 2. The van der Waals surface area contributed by atoms with Crippen molar-refractivity contribution in [3.05, 3.63) is 0 Å². The van der Waals surface area contributed by atoms with Crippen LogP contribution in [0.1, 0.15) is 66.7 Å². The average Bonchev–Trinajstić information content (AvgIpc) is 2.27. The molecule has 1 amide bonds. The molecule has 2 rings (SSSR count). The second-order valence-corrected chi connectivity index (χ2v) is 8.00. The minimum atomic E-state index is -0.422. The lowest BCUT2D eigenvalue weighted by Crippen LogP contribution is -2.71. The predicted molar refractivity (Wildman–Crippen MR) is 85.3 cm³/mol. The highest BCUT2D eigenvalue weighted by Gasteiger charge is 2.58. The van der Waals surface area contributed by atoms with Crippen LogP contribution in [-0.2, 0) is 4.74 Å². The molecule has 0 bridgehead atoms. The molecule has 0 saturated heterocycles. The van der Waals surface area contributed by atoms with E-state index in [1.807, 2.05) is 20.8 Å². The summed E-state index contributed by atoms with van der Waals surface area (Å²) in [5.41, 5.74) is -0.126. The van der Waals surface area contributed by atoms with Crippen LogP contribution in [0.4, 0.5) is 4.79 Å². The zero-order chi connectivity index (χ0) is 15.7. The van der Waals surface area contributed by atoms with Gasteiger partial charge in [-0.2, -0.15) is 0 Å². The third-order valence-corrected chi connectivity index (χ3v) is 5.24. The zero-order valence-corrected chi connectivity index (χ0v) is 14.3. The van der Waals surface area contributed by atoms with Crippen LogP contribution in [0.3, 0.4) is 0 Å². The summed E-state index contributed by atoms with van der Waals surface area (Å²) in [4.78, 5) is 12.0. The lowest BCUT2D eigenvalue weighted by Gasteiger charge is -2.61. The van der Waals surface area contributed by atoms with Gasteiger partial charge in [0.05, 0.1) is 0 Å². The van der Waals surface area contributed by atoms with Crippen LogP contribution in [-0.4, -0.2) is 30.3 Å². The molecule has 2 aliphatic carbocycles. The van der Waals surface area contributed by atoms with Gasteiger partial charge in [-0.05, 0) is 52.5 Å². The first kappa shape index (κ1) is 16.6. The molecule has 4 heteroatoms. The Morgan fingerprint density at radius 3 is 2.48 bits per heavy atom. The first-order valence-corrected chi connectivity index (χ1v) is 8.50. The monoisotopic (exact) mass is 296 g/mol. The SMILES string of the molecule is CCC(C)CNC1CC(NC(=O)OC(C)(C)C)C12CCC2. The quantitative estimate of drug-likeness (QED) is 0.817. The summed E-state index contributed by atoms with van der Waals surface area (Å²) in [5, 5.41) is 6.82. The largest absolute Gasteiger partial charge is 0.444 e. The number of nitrogens with one attached hydrogen (secondary N) is 2. The van der Waals surface area contributed by atoms with Crippen LogP contribution in [0.2, 0.25) is 0 Å². The Morgan fingerprint density at radius 1 is 1.33 bits per heavy atom. The zero-order valence-electron chi connectivity index (χ0n) is 14.3. The molecule has 1 spiro atoms. The molecular weight excluding hydrogens is 264 g/mol. The maximum Gasteiger partial charge on any atom is 0.407 e. The Kier molecular flexibility index (Phi) is 4.86. The van der Waals surface area contributed by atoms with E-state index in [-0.39, 0.29) is 12.1 Å². The van der Waals surface area contributed by atoms with E-state index in [2.05, 4.69) is 24.5 Å². The lowest BCUT2D eigenvalue weighted by molar-refractivity contribution is -0.0622. The van der Waals surface area contributed by atoms with E-state index in [1.165, 1.54) is 25.7 Å². The Balaban J connectivity index is 1.82. The van der Waals surface area contributed by atoms with Crippen molar-refractivity contribution >= 4 is 6.09 Å². The molecule has 0 heterocycles. The van der Waals surface area contributed by atoms with Crippen molar-refractivity contribution < 1.29 is 9.53 Å². The Bertz CT molecular complexity index is 371. The minimum Gasteiger partial charge on any atom is -0.444 e. The second kappa shape index (κ2) is 6.15. The van der Waals surface area contributed by atoms with Gasteiger partial charge in [0.2, 0.25) is 0 Å². The number of alkyl carbamates (subject to hydrolysis) is 1. The van der Waals surface area contributed by atoms with Crippen LogP contribution in [0.25, 0.3) is 0 Å². The van der Waals surface area contributed by atoms with Crippen molar-refractivity contribution in [1.29, 1.82) is 0 Å². The highest BCUT2D eigenvalue weighted by Crippen LogP contribution is 2.56. The average molecular weight is 296 g/mol. The van der Waals surface area contributed by atoms with Gasteiger partial charge in [0.25, 0.3) is 0 Å². The number of amides is 1. The van der Waals surface area contributed by atoms with E-state index in [1.54, 1.807) is 0 Å². The van der Waals surface area contributed by atoms with Crippen molar-refractivity contribution in [2.45, 2.75) is 84.4 Å². The number of ether oxygens (including phenoxy) is 1. The summed E-state index contributed by atoms with van der Waals surface area (Å²) in [5.74, 6) is 0.722. The highest BCUT2D eigenvalue weighted by molar-refractivity contribution is 5.68. The molecule has 3 unspecified atom stereocenters. The van der Waals surface area contributed by atoms with Crippen molar-refractivity contribution in [2.24, 2.45) is 11.3 Å². The highest BCUT2D eigenvalue weighted by atomic mass is 16.6. The van der Waals surface area contributed by atoms with E-state index >= 15 is 0 Å². The molecule has 0 aromatic rings. The van der Waals surface area contributed by atoms with E-state index in [4.69, 9.17) is 4.74 Å². The lowest BCUT2D eigenvalue weighted by atomic mass is 9.50. The smallest absolute Gasteiger partial charge is 0.407 e. The fraction of sp³-hybridized carbons (Fsp3) is 0.941. The Labute approximate surface area is 129 Å². The van der Waals surface area contributed by atoms with E-state index in [9.17, 15) is 4.79 Å². The van der Waals surface area contributed by atoms with Gasteiger partial charge in [-0.25, -0.2) is 4.79 Å². The first-order chi connectivity index (χ1) is 9.77. The van der Waals surface area contributed by atoms with Crippen LogP contribution < -0.4 is 10.6 Å². The number of carbonyl (C=O) groups is 1. The van der Waals surface area contributed by atoms with Crippen LogP contribution >= 0.6 is 0 Å². The molecule has 4 nitrogen and oxygen atoms in total. The van der Waals surface area contributed by atoms with Gasteiger partial charge in [-0.3, -0.25) is 0 Å². The predicted octanol–water partition coefficient (Wildman–Crippen LogP) is 3.46. The van der Waals surface area contributed by atoms with Crippen molar-refractivity contribution in [2.75, 3.05) is 6.54 Å². The molecule has 0 aromatic carbocycles. The van der Waals surface area contributed by atoms with Crippen molar-refractivity contribution in [3.8, 4) is 0 Å². The molecule has 122 valence electrons. The first-order valence-electron chi connectivity index (χ1n) is 8.50. The maximum absolute atomic E-state index is 12.0. The molecule has 2 fully saturated rings. The number of rotatable bonds is 5. The fourth-order valence-electron chi connectivity index (χ4n) is 3.50. The summed E-state index contributed by atoms with van der Waals surface area (Å²) in [6.07, 6.45) is 5.73. The molecule has 21 heavy (non-hydrogen) atoms. The van der Waals surface area contributed by atoms with E-state index < -0.39 is 5.60 Å². The van der Waals surface area contributed by atoms with Crippen molar-refractivity contribution in [3.63, 3.8) is 0 Å². The third kappa shape index (κ3) is 3.71. The molecule has 0 aliphatic heterocycles. The van der Waals surface area contributed by atoms with Gasteiger partial charge < -0.3 is 15.4 Å². The normalized spacial score (nSPS) is 28.4. The number of carbonyl (C=O) groups excluding carboxylic acids is 1. The van der Waals surface area contributed by atoms with Gasteiger partial charge >= 0.3 is 6.09 Å². The van der Waals surface area contributed by atoms with Gasteiger partial charge in [-0.1, -0.05) is 26.7 Å². The molecule has 0 aromatic heterocycles. The van der Waals surface area contributed by atoms with Crippen LogP contribution in [0, 0.1) is 11.3 Å². The van der Waals surface area contributed by atoms with Crippen LogP contribution in [0.5, 0.6) is 0 Å². The molecule has 2 aliphatic rings. The van der Waals surface area contributed by atoms with E-state index in [0.29, 0.717) is 11.5 Å². The molecule has 2 saturated carbocycles. The summed E-state index contributed by atoms with van der Waals surface area (Å²) >= 11 is 0. The van der Waals surface area contributed by atoms with Crippen molar-refractivity contribution in [1.82, 2.24) is 10.6 Å². The summed E-state index contributed by atoms with van der Waals surface area (Å²) in [6.45, 7) is 11.3. The fourth-order valence-corrected chi connectivity index (χ4v) is 3.50. The molecule has 3 atom stereocenters. The topological polar surface area (TPSA) is 50.4 Å². The Hall–Kier alpha value is -0.770. The Morgan fingerprint density at radius 2 is 2.00 bits per heavy atom. The van der Waals surface area contributed by atoms with Gasteiger partial charge in [0, 0.05) is 17.5 Å². The minimum absolute atomic E-state index is 0.265. The summed E-state index contributed by atoms with van der Waals surface area (Å²) < 4.78 is 5.39. The van der Waals surface area contributed by atoms with Crippen LogP contribution in [0.15, 0.2) is 0 Å². The summed E-state index contributed by atoms with van der Waals surface area (Å²) in [6, 6.07) is 0.857. The van der Waals surface area contributed by atoms with Gasteiger partial charge in [0.1, 0.15) is 5.60 Å². The van der Waals surface area contributed by atoms with Gasteiger partial charge in [-0.15, -0.1) is 0 Å². The maximum atomic E-state index is 12.0. The molecule has 0 radical (unpaired) electrons. The molecular formula is C17H32N2O2. The standard InChI is InChI=1S/C17H32N2O2/c1-6-12(2)11-18-13-10-14(17(13)8-7-9-17)19-15(20)21-16(3,4)5/h12-14,18H,6-11H2,1-5H3,(H,19,20). The van der Waals surface area contributed by atoms with E-state index in [0.717, 1.165) is 18.9 Å². The number of hydrogen-bond acceptors (Lipinski definition) is 3. The molecule has 2 N–H and O–H groups in total. The third-order valence-electron chi connectivity index (χ3n) is 5.24.